The highest BCUT2D eigenvalue weighted by atomic mass is 32.2. The summed E-state index contributed by atoms with van der Waals surface area (Å²) in [6.07, 6.45) is 1.77. The Labute approximate surface area is 155 Å². The Bertz CT molecular complexity index is 742. The minimum absolute atomic E-state index is 0.170. The SMILES string of the molecule is C=C(C)CNC(=S)Nc1ccc(OCC)c(S(=O)(=O)N2CCCC2)c1. The van der Waals surface area contributed by atoms with E-state index in [1.807, 2.05) is 13.8 Å². The molecule has 138 valence electrons. The van der Waals surface area contributed by atoms with Gasteiger partial charge in [0.15, 0.2) is 5.11 Å². The van der Waals surface area contributed by atoms with Gasteiger partial charge in [0.2, 0.25) is 10.0 Å². The molecule has 1 aliphatic rings. The third kappa shape index (κ3) is 5.17. The lowest BCUT2D eigenvalue weighted by Crippen LogP contribution is -2.30. The topological polar surface area (TPSA) is 70.7 Å². The largest absolute Gasteiger partial charge is 0.492 e. The Balaban J connectivity index is 2.27. The van der Waals surface area contributed by atoms with Crippen molar-refractivity contribution in [3.05, 3.63) is 30.4 Å². The van der Waals surface area contributed by atoms with Crippen LogP contribution in [0.2, 0.25) is 0 Å². The van der Waals surface area contributed by atoms with Crippen LogP contribution in [0.1, 0.15) is 26.7 Å². The van der Waals surface area contributed by atoms with E-state index in [4.69, 9.17) is 17.0 Å². The Hall–Kier alpha value is -1.64. The molecule has 6 nitrogen and oxygen atoms in total. The maximum Gasteiger partial charge on any atom is 0.246 e. The predicted molar refractivity (Wildman–Crippen MR) is 105 cm³/mol. The molecule has 0 spiro atoms. The fourth-order valence-corrected chi connectivity index (χ4v) is 4.40. The van der Waals surface area contributed by atoms with Crippen LogP contribution in [-0.4, -0.2) is 44.1 Å². The lowest BCUT2D eigenvalue weighted by atomic mass is 10.3. The van der Waals surface area contributed by atoms with E-state index in [2.05, 4.69) is 17.2 Å². The van der Waals surface area contributed by atoms with E-state index in [-0.39, 0.29) is 4.90 Å². The smallest absolute Gasteiger partial charge is 0.246 e. The number of benzene rings is 1. The van der Waals surface area contributed by atoms with Gasteiger partial charge in [0.1, 0.15) is 10.6 Å². The summed E-state index contributed by atoms with van der Waals surface area (Å²) in [7, 11) is -3.59. The molecule has 1 heterocycles. The Morgan fingerprint density at radius 1 is 1.36 bits per heavy atom. The van der Waals surface area contributed by atoms with Crippen molar-refractivity contribution in [1.29, 1.82) is 0 Å². The zero-order chi connectivity index (χ0) is 18.4. The first-order valence-corrected chi connectivity index (χ1v) is 10.2. The van der Waals surface area contributed by atoms with Crippen LogP contribution in [0.25, 0.3) is 0 Å². The van der Waals surface area contributed by atoms with E-state index in [1.165, 1.54) is 4.31 Å². The second kappa shape index (κ2) is 8.64. The fourth-order valence-electron chi connectivity index (χ4n) is 2.54. The van der Waals surface area contributed by atoms with Gasteiger partial charge in [0, 0.05) is 25.3 Å². The highest BCUT2D eigenvalue weighted by Gasteiger charge is 2.30. The number of ether oxygens (including phenoxy) is 1. The summed E-state index contributed by atoms with van der Waals surface area (Å²) < 4.78 is 32.9. The Kier molecular flexibility index (Phi) is 6.80. The van der Waals surface area contributed by atoms with Gasteiger partial charge in [-0.25, -0.2) is 8.42 Å². The average Bonchev–Trinajstić information content (AvgIpc) is 3.10. The minimum Gasteiger partial charge on any atom is -0.492 e. The van der Waals surface area contributed by atoms with Crippen molar-refractivity contribution >= 4 is 33.0 Å². The number of anilines is 1. The zero-order valence-electron chi connectivity index (χ0n) is 14.7. The second-order valence-electron chi connectivity index (χ2n) is 5.97. The number of rotatable bonds is 7. The molecule has 0 saturated carbocycles. The van der Waals surface area contributed by atoms with Gasteiger partial charge in [-0.15, -0.1) is 0 Å². The quantitative estimate of drug-likeness (QED) is 0.557. The fraction of sp³-hybridized carbons (Fsp3) is 0.471. The van der Waals surface area contributed by atoms with Crippen LogP contribution >= 0.6 is 12.2 Å². The molecule has 0 unspecified atom stereocenters. The molecule has 0 bridgehead atoms. The number of nitrogens with zero attached hydrogens (tertiary/aromatic N) is 1. The van der Waals surface area contributed by atoms with Crippen LogP contribution < -0.4 is 15.4 Å². The molecule has 0 radical (unpaired) electrons. The third-order valence-electron chi connectivity index (χ3n) is 3.73. The molecule has 0 atom stereocenters. The van der Waals surface area contributed by atoms with Gasteiger partial charge < -0.3 is 15.4 Å². The van der Waals surface area contributed by atoms with E-state index < -0.39 is 10.0 Å². The summed E-state index contributed by atoms with van der Waals surface area (Å²) >= 11 is 5.23. The number of hydrogen-bond donors (Lipinski definition) is 2. The van der Waals surface area contributed by atoms with Crippen LogP contribution in [0, 0.1) is 0 Å². The molecule has 1 fully saturated rings. The normalized spacial score (nSPS) is 15.0. The summed E-state index contributed by atoms with van der Waals surface area (Å²) in [5, 5.41) is 6.44. The summed E-state index contributed by atoms with van der Waals surface area (Å²) in [5.74, 6) is 0.362. The number of thiocarbonyl (C=S) groups is 1. The maximum absolute atomic E-state index is 12.9. The van der Waals surface area contributed by atoms with Crippen molar-refractivity contribution in [1.82, 2.24) is 9.62 Å². The molecule has 0 aromatic heterocycles. The van der Waals surface area contributed by atoms with Crippen molar-refractivity contribution in [2.75, 3.05) is 31.6 Å². The first-order chi connectivity index (χ1) is 11.8. The molecule has 1 aromatic rings. The molecule has 1 aromatic carbocycles. The summed E-state index contributed by atoms with van der Waals surface area (Å²) in [6.45, 7) is 9.58. The van der Waals surface area contributed by atoms with Gasteiger partial charge in [-0.3, -0.25) is 0 Å². The van der Waals surface area contributed by atoms with Crippen LogP contribution in [-0.2, 0) is 10.0 Å². The van der Waals surface area contributed by atoms with E-state index >= 15 is 0 Å². The average molecular weight is 384 g/mol. The second-order valence-corrected chi connectivity index (χ2v) is 8.29. The molecule has 8 heteroatoms. The molecule has 2 rings (SSSR count). The van der Waals surface area contributed by atoms with Gasteiger partial charge in [-0.2, -0.15) is 4.31 Å². The summed E-state index contributed by atoms with van der Waals surface area (Å²) in [4.78, 5) is 0.170. The van der Waals surface area contributed by atoms with Gasteiger partial charge in [0.25, 0.3) is 0 Å². The van der Waals surface area contributed by atoms with Crippen LogP contribution in [0.3, 0.4) is 0 Å². The van der Waals surface area contributed by atoms with Crippen molar-refractivity contribution in [3.63, 3.8) is 0 Å². The lowest BCUT2D eigenvalue weighted by molar-refractivity contribution is 0.330. The lowest BCUT2D eigenvalue weighted by Gasteiger charge is -2.19. The predicted octanol–water partition coefficient (Wildman–Crippen LogP) is 2.73. The minimum atomic E-state index is -3.59. The molecule has 0 aliphatic carbocycles. The first kappa shape index (κ1) is 19.7. The van der Waals surface area contributed by atoms with E-state index in [9.17, 15) is 8.42 Å². The van der Waals surface area contributed by atoms with Crippen LogP contribution in [0.4, 0.5) is 5.69 Å². The monoisotopic (exact) mass is 383 g/mol. The van der Waals surface area contributed by atoms with Crippen LogP contribution in [0.15, 0.2) is 35.2 Å². The zero-order valence-corrected chi connectivity index (χ0v) is 16.3. The van der Waals surface area contributed by atoms with E-state index in [0.29, 0.717) is 42.8 Å². The third-order valence-corrected chi connectivity index (χ3v) is 5.90. The highest BCUT2D eigenvalue weighted by molar-refractivity contribution is 7.89. The first-order valence-electron chi connectivity index (χ1n) is 8.31. The summed E-state index contributed by atoms with van der Waals surface area (Å²) in [5.41, 5.74) is 1.55. The summed E-state index contributed by atoms with van der Waals surface area (Å²) in [6, 6.07) is 4.99. The molecule has 25 heavy (non-hydrogen) atoms. The Morgan fingerprint density at radius 3 is 2.64 bits per heavy atom. The van der Waals surface area contributed by atoms with Crippen molar-refractivity contribution in [2.45, 2.75) is 31.6 Å². The van der Waals surface area contributed by atoms with Gasteiger partial charge in [-0.05, 0) is 57.1 Å². The van der Waals surface area contributed by atoms with Crippen molar-refractivity contribution in [3.8, 4) is 5.75 Å². The van der Waals surface area contributed by atoms with E-state index in [1.54, 1.807) is 18.2 Å². The molecule has 0 amide bonds. The standard InChI is InChI=1S/C17H25N3O3S2/c1-4-23-15-8-7-14(19-17(24)18-12-13(2)3)11-16(15)25(21,22)20-9-5-6-10-20/h7-8,11H,2,4-6,9-10,12H2,1,3H3,(H2,18,19,24). The molecule has 1 aliphatic heterocycles. The van der Waals surface area contributed by atoms with Crippen molar-refractivity contribution < 1.29 is 13.2 Å². The Morgan fingerprint density at radius 2 is 2.04 bits per heavy atom. The van der Waals surface area contributed by atoms with Gasteiger partial charge >= 0.3 is 0 Å². The maximum atomic E-state index is 12.9. The number of hydrogen-bond acceptors (Lipinski definition) is 4. The molecule has 2 N–H and O–H groups in total. The number of nitrogens with one attached hydrogen (secondary N) is 2. The molecular weight excluding hydrogens is 358 g/mol. The van der Waals surface area contributed by atoms with Gasteiger partial charge in [-0.1, -0.05) is 12.2 Å². The van der Waals surface area contributed by atoms with Crippen molar-refractivity contribution in [2.24, 2.45) is 0 Å². The van der Waals surface area contributed by atoms with Gasteiger partial charge in [0.05, 0.1) is 6.61 Å². The molecule has 1 saturated heterocycles. The number of sulfonamides is 1. The highest BCUT2D eigenvalue weighted by Crippen LogP contribution is 2.31. The van der Waals surface area contributed by atoms with E-state index in [0.717, 1.165) is 18.4 Å². The van der Waals surface area contributed by atoms with Crippen LogP contribution in [0.5, 0.6) is 5.75 Å². The molecular formula is C17H25N3O3S2.